The lowest BCUT2D eigenvalue weighted by atomic mass is 9.85. The quantitative estimate of drug-likeness (QED) is 0.761. The van der Waals surface area contributed by atoms with E-state index in [0.717, 1.165) is 47.9 Å². The van der Waals surface area contributed by atoms with E-state index in [2.05, 4.69) is 4.98 Å². The average Bonchev–Trinajstić information content (AvgIpc) is 3.24. The standard InChI is InChI=1S/C19H22N3O3S/c23-17-15-14-7-2-8-20-16(14)26-18(15)22(10-12-4-1-5-12)19(24)21(17)11-13-6-3-9-25-13/h2,7-8,12-13,15H,1,3-6,9-11H2/q+1. The highest BCUT2D eigenvalue weighted by atomic mass is 32.2. The Morgan fingerprint density at radius 3 is 2.88 bits per heavy atom. The molecule has 3 amide bonds. The lowest BCUT2D eigenvalue weighted by Gasteiger charge is -2.30. The minimum atomic E-state index is -0.386. The van der Waals surface area contributed by atoms with E-state index in [0.29, 0.717) is 19.0 Å². The zero-order valence-corrected chi connectivity index (χ0v) is 15.4. The van der Waals surface area contributed by atoms with Crippen LogP contribution in [0, 0.1) is 5.92 Å². The zero-order valence-electron chi connectivity index (χ0n) is 14.6. The van der Waals surface area contributed by atoms with Crippen LogP contribution in [0.25, 0.3) is 0 Å². The smallest absolute Gasteiger partial charge is 0.374 e. The lowest BCUT2D eigenvalue weighted by molar-refractivity contribution is -0.448. The molecule has 0 bridgehead atoms. The van der Waals surface area contributed by atoms with Crippen LogP contribution >= 0.6 is 11.8 Å². The largest absolute Gasteiger partial charge is 0.501 e. The van der Waals surface area contributed by atoms with Crippen molar-refractivity contribution in [2.45, 2.75) is 49.2 Å². The topological polar surface area (TPSA) is 62.5 Å². The van der Waals surface area contributed by atoms with Crippen LogP contribution in [-0.2, 0) is 9.53 Å². The fraction of sp³-hybridized carbons (Fsp3) is 0.579. The second kappa shape index (κ2) is 6.46. The maximum atomic E-state index is 13.2. The fourth-order valence-corrected chi connectivity index (χ4v) is 5.42. The van der Waals surface area contributed by atoms with Gasteiger partial charge in [-0.05, 0) is 49.4 Å². The first-order valence-corrected chi connectivity index (χ1v) is 10.3. The number of aromatic nitrogens is 1. The highest BCUT2D eigenvalue weighted by Crippen LogP contribution is 2.43. The molecule has 2 unspecified atom stereocenters. The summed E-state index contributed by atoms with van der Waals surface area (Å²) in [7, 11) is 0. The first-order chi connectivity index (χ1) is 12.7. The van der Waals surface area contributed by atoms with Crippen molar-refractivity contribution < 1.29 is 18.9 Å². The minimum Gasteiger partial charge on any atom is -0.374 e. The molecule has 0 N–H and O–H groups in total. The van der Waals surface area contributed by atoms with Gasteiger partial charge in [0.25, 0.3) is 0 Å². The Morgan fingerprint density at radius 1 is 1.27 bits per heavy atom. The van der Waals surface area contributed by atoms with Crippen molar-refractivity contribution in [1.29, 1.82) is 0 Å². The number of fused-ring (bicyclic) bond motifs is 3. The van der Waals surface area contributed by atoms with E-state index >= 15 is 0 Å². The van der Waals surface area contributed by atoms with Crippen LogP contribution in [0.2, 0.25) is 0 Å². The highest BCUT2D eigenvalue weighted by Gasteiger charge is 2.54. The van der Waals surface area contributed by atoms with Crippen molar-refractivity contribution in [3.8, 4) is 0 Å². The van der Waals surface area contributed by atoms with E-state index < -0.39 is 0 Å². The Balaban J connectivity index is 1.53. The lowest BCUT2D eigenvalue weighted by Crippen LogP contribution is -2.55. The number of carbonyl (C=O) groups is 2. The molecule has 0 aromatic carbocycles. The number of nitrogens with zero attached hydrogens (tertiary/aromatic N) is 3. The van der Waals surface area contributed by atoms with Gasteiger partial charge in [0.2, 0.25) is 0 Å². The van der Waals surface area contributed by atoms with Gasteiger partial charge in [-0.25, -0.2) is 9.78 Å². The molecule has 26 heavy (non-hydrogen) atoms. The second-order valence-electron chi connectivity index (χ2n) is 7.55. The van der Waals surface area contributed by atoms with E-state index in [1.807, 2.05) is 16.7 Å². The number of imide groups is 1. The number of rotatable bonds is 4. The molecule has 6 nitrogen and oxygen atoms in total. The summed E-state index contributed by atoms with van der Waals surface area (Å²) in [6, 6.07) is 3.66. The highest BCUT2D eigenvalue weighted by molar-refractivity contribution is 8.14. The summed E-state index contributed by atoms with van der Waals surface area (Å²) in [6.45, 7) is 1.79. The van der Waals surface area contributed by atoms with Crippen molar-refractivity contribution in [3.63, 3.8) is 0 Å². The molecule has 5 rings (SSSR count). The molecule has 1 saturated heterocycles. The van der Waals surface area contributed by atoms with Gasteiger partial charge in [0.05, 0.1) is 12.6 Å². The van der Waals surface area contributed by atoms with E-state index in [1.54, 1.807) is 6.20 Å². The molecule has 0 radical (unpaired) electrons. The molecule has 1 aliphatic carbocycles. The second-order valence-corrected chi connectivity index (χ2v) is 8.55. The molecule has 1 saturated carbocycles. The van der Waals surface area contributed by atoms with Crippen molar-refractivity contribution in [3.05, 3.63) is 23.9 Å². The van der Waals surface area contributed by atoms with Gasteiger partial charge in [0.15, 0.2) is 11.0 Å². The molecule has 2 fully saturated rings. The van der Waals surface area contributed by atoms with Crippen LogP contribution in [-0.4, -0.2) is 57.2 Å². The van der Waals surface area contributed by atoms with Crippen LogP contribution in [0.1, 0.15) is 43.6 Å². The number of urea groups is 1. The number of amides is 3. The normalized spacial score (nSPS) is 28.4. The molecule has 1 aromatic heterocycles. The molecule has 4 heterocycles. The number of hydrogen-bond acceptors (Lipinski definition) is 5. The number of carbonyl (C=O) groups excluding carboxylic acids is 2. The SMILES string of the molecule is O=C1C2C(=[N+](CC3CCC3)C(=O)N1CC1CCCO1)Sc1ncccc12. The molecule has 4 aliphatic rings. The minimum absolute atomic E-state index is 0.0302. The first-order valence-electron chi connectivity index (χ1n) is 9.46. The Labute approximate surface area is 156 Å². The van der Waals surface area contributed by atoms with Gasteiger partial charge in [-0.2, -0.15) is 14.3 Å². The van der Waals surface area contributed by atoms with Crippen molar-refractivity contribution in [1.82, 2.24) is 9.88 Å². The summed E-state index contributed by atoms with van der Waals surface area (Å²) < 4.78 is 7.55. The Hall–Kier alpha value is -1.73. The van der Waals surface area contributed by atoms with Gasteiger partial charge in [-0.1, -0.05) is 12.5 Å². The summed E-state index contributed by atoms with van der Waals surface area (Å²) in [5.74, 6) is 0.0367. The van der Waals surface area contributed by atoms with Gasteiger partial charge < -0.3 is 4.74 Å². The molecule has 7 heteroatoms. The maximum absolute atomic E-state index is 13.2. The van der Waals surface area contributed by atoms with Gasteiger partial charge in [0, 0.05) is 18.4 Å². The monoisotopic (exact) mass is 372 g/mol. The fourth-order valence-electron chi connectivity index (χ4n) is 4.20. The molecule has 3 aliphatic heterocycles. The Morgan fingerprint density at radius 2 is 2.15 bits per heavy atom. The number of hydrogen-bond donors (Lipinski definition) is 0. The molecular formula is C19H22N3O3S+. The predicted molar refractivity (Wildman–Crippen MR) is 96.4 cm³/mol. The van der Waals surface area contributed by atoms with Gasteiger partial charge in [-0.15, -0.1) is 0 Å². The van der Waals surface area contributed by atoms with E-state index in [9.17, 15) is 9.59 Å². The summed E-state index contributed by atoms with van der Waals surface area (Å²) >= 11 is 1.49. The summed E-state index contributed by atoms with van der Waals surface area (Å²) in [5, 5.41) is 1.70. The number of pyridine rings is 1. The van der Waals surface area contributed by atoms with E-state index in [-0.39, 0.29) is 24.0 Å². The third-order valence-corrected chi connectivity index (χ3v) is 7.08. The summed E-state index contributed by atoms with van der Waals surface area (Å²) in [6.07, 6.45) is 7.19. The summed E-state index contributed by atoms with van der Waals surface area (Å²) in [5.41, 5.74) is 0.931. The van der Waals surface area contributed by atoms with Crippen LogP contribution in [0.15, 0.2) is 23.4 Å². The van der Waals surface area contributed by atoms with Gasteiger partial charge in [-0.3, -0.25) is 0 Å². The van der Waals surface area contributed by atoms with E-state index in [1.165, 1.54) is 23.1 Å². The third-order valence-electron chi connectivity index (χ3n) is 5.88. The zero-order chi connectivity index (χ0) is 17.7. The van der Waals surface area contributed by atoms with Crippen LogP contribution in [0.4, 0.5) is 4.79 Å². The van der Waals surface area contributed by atoms with Crippen molar-refractivity contribution in [2.75, 3.05) is 19.7 Å². The van der Waals surface area contributed by atoms with Crippen LogP contribution < -0.4 is 0 Å². The van der Waals surface area contributed by atoms with Crippen molar-refractivity contribution >= 4 is 28.7 Å². The van der Waals surface area contributed by atoms with Gasteiger partial charge >= 0.3 is 11.9 Å². The predicted octanol–water partition coefficient (Wildman–Crippen LogP) is 2.62. The van der Waals surface area contributed by atoms with E-state index in [4.69, 9.17) is 4.74 Å². The first kappa shape index (κ1) is 16.4. The van der Waals surface area contributed by atoms with Gasteiger partial charge in [0.1, 0.15) is 11.6 Å². The average molecular weight is 372 g/mol. The third kappa shape index (κ3) is 2.60. The van der Waals surface area contributed by atoms with Crippen molar-refractivity contribution in [2.24, 2.45) is 5.92 Å². The molecule has 2 atom stereocenters. The van der Waals surface area contributed by atoms with Crippen LogP contribution in [0.3, 0.4) is 0 Å². The Kier molecular flexibility index (Phi) is 4.09. The van der Waals surface area contributed by atoms with Crippen LogP contribution in [0.5, 0.6) is 0 Å². The molecular weight excluding hydrogens is 350 g/mol. The molecule has 136 valence electrons. The Bertz CT molecular complexity index is 799. The molecule has 1 aromatic rings. The number of thioether (sulfide) groups is 1. The number of ether oxygens (including phenoxy) is 1. The maximum Gasteiger partial charge on any atom is 0.501 e. The molecule has 0 spiro atoms. The summed E-state index contributed by atoms with van der Waals surface area (Å²) in [4.78, 5) is 32.3.